The van der Waals surface area contributed by atoms with E-state index in [2.05, 4.69) is 5.43 Å². The van der Waals surface area contributed by atoms with E-state index in [1.165, 1.54) is 6.07 Å². The third kappa shape index (κ3) is 4.15. The number of rotatable bonds is 4. The summed E-state index contributed by atoms with van der Waals surface area (Å²) in [5.74, 6) is 4.53. The highest BCUT2D eigenvalue weighted by Gasteiger charge is 2.34. The smallest absolute Gasteiger partial charge is 0.381 e. The third-order valence-electron chi connectivity index (χ3n) is 3.81. The number of hydrogen-bond acceptors (Lipinski definition) is 3. The maximum absolute atomic E-state index is 13.3. The van der Waals surface area contributed by atoms with Crippen LogP contribution in [-0.2, 0) is 10.9 Å². The Labute approximate surface area is 120 Å². The second kappa shape index (κ2) is 6.72. The van der Waals surface area contributed by atoms with E-state index >= 15 is 0 Å². The van der Waals surface area contributed by atoms with Crippen LogP contribution in [0, 0.1) is 11.7 Å². The van der Waals surface area contributed by atoms with E-state index < -0.39 is 23.6 Å². The molecule has 0 amide bonds. The molecule has 3 N–H and O–H groups in total. The molecule has 21 heavy (non-hydrogen) atoms. The lowest BCUT2D eigenvalue weighted by molar-refractivity contribution is -0.140. The first-order chi connectivity index (χ1) is 9.91. The molecule has 1 atom stereocenters. The molecule has 0 saturated carbocycles. The van der Waals surface area contributed by atoms with Crippen LogP contribution in [-0.4, -0.2) is 13.2 Å². The molecule has 0 aliphatic carbocycles. The van der Waals surface area contributed by atoms with Gasteiger partial charge in [0.2, 0.25) is 0 Å². The zero-order valence-corrected chi connectivity index (χ0v) is 11.4. The molecule has 1 heterocycles. The standard InChI is InChI=1S/C14H18F4N2O/c15-12-2-1-10(8-11(12)14(16,17)18)13(20-19)7-9-3-5-21-6-4-9/h1-2,8-9,13,20H,3-7,19H2. The van der Waals surface area contributed by atoms with Crippen molar-refractivity contribution in [3.63, 3.8) is 0 Å². The van der Waals surface area contributed by atoms with Gasteiger partial charge in [0.05, 0.1) is 5.56 Å². The van der Waals surface area contributed by atoms with E-state index in [1.54, 1.807) is 0 Å². The number of alkyl halides is 3. The summed E-state index contributed by atoms with van der Waals surface area (Å²) < 4.78 is 56.8. The van der Waals surface area contributed by atoms with Crippen molar-refractivity contribution >= 4 is 0 Å². The van der Waals surface area contributed by atoms with Crippen molar-refractivity contribution in [2.24, 2.45) is 11.8 Å². The molecule has 1 unspecified atom stereocenters. The Bertz CT molecular complexity index is 473. The first-order valence-electron chi connectivity index (χ1n) is 6.82. The van der Waals surface area contributed by atoms with Crippen molar-refractivity contribution in [3.05, 3.63) is 35.1 Å². The highest BCUT2D eigenvalue weighted by Crippen LogP contribution is 2.34. The summed E-state index contributed by atoms with van der Waals surface area (Å²) in [5, 5.41) is 0. The molecule has 7 heteroatoms. The molecule has 1 fully saturated rings. The molecule has 1 aliphatic rings. The average Bonchev–Trinajstić information content (AvgIpc) is 2.45. The second-order valence-electron chi connectivity index (χ2n) is 5.25. The molecular formula is C14H18F4N2O. The summed E-state index contributed by atoms with van der Waals surface area (Å²) in [6.45, 7) is 1.30. The summed E-state index contributed by atoms with van der Waals surface area (Å²) in [6, 6.07) is 2.58. The van der Waals surface area contributed by atoms with Gasteiger partial charge in [0.15, 0.2) is 0 Å². The van der Waals surface area contributed by atoms with Gasteiger partial charge in [-0.2, -0.15) is 13.2 Å². The molecule has 3 nitrogen and oxygen atoms in total. The van der Waals surface area contributed by atoms with Crippen LogP contribution in [0.15, 0.2) is 18.2 Å². The van der Waals surface area contributed by atoms with Crippen LogP contribution >= 0.6 is 0 Å². The number of hydrogen-bond donors (Lipinski definition) is 2. The topological polar surface area (TPSA) is 47.3 Å². The van der Waals surface area contributed by atoms with Gasteiger partial charge in [0.25, 0.3) is 0 Å². The summed E-state index contributed by atoms with van der Waals surface area (Å²) in [5.41, 5.74) is 1.62. The Hall–Kier alpha value is -1.18. The van der Waals surface area contributed by atoms with Gasteiger partial charge in [-0.25, -0.2) is 4.39 Å². The Morgan fingerprint density at radius 3 is 2.52 bits per heavy atom. The Morgan fingerprint density at radius 1 is 1.29 bits per heavy atom. The lowest BCUT2D eigenvalue weighted by atomic mass is 9.89. The number of nitrogens with one attached hydrogen (secondary N) is 1. The van der Waals surface area contributed by atoms with Gasteiger partial charge in [-0.3, -0.25) is 11.3 Å². The summed E-state index contributed by atoms with van der Waals surface area (Å²) >= 11 is 0. The van der Waals surface area contributed by atoms with Gasteiger partial charge in [0.1, 0.15) is 5.82 Å². The molecular weight excluding hydrogens is 288 g/mol. The predicted molar refractivity (Wildman–Crippen MR) is 69.6 cm³/mol. The highest BCUT2D eigenvalue weighted by molar-refractivity contribution is 5.29. The summed E-state index contributed by atoms with van der Waals surface area (Å²) in [7, 11) is 0. The van der Waals surface area contributed by atoms with Crippen LogP contribution in [0.1, 0.15) is 36.4 Å². The zero-order chi connectivity index (χ0) is 15.5. The van der Waals surface area contributed by atoms with Gasteiger partial charge in [-0.05, 0) is 42.9 Å². The fourth-order valence-corrected chi connectivity index (χ4v) is 2.59. The minimum absolute atomic E-state index is 0.333. The maximum Gasteiger partial charge on any atom is 0.419 e. The third-order valence-corrected chi connectivity index (χ3v) is 3.81. The van der Waals surface area contributed by atoms with Crippen LogP contribution in [0.3, 0.4) is 0 Å². The molecule has 0 radical (unpaired) electrons. The monoisotopic (exact) mass is 306 g/mol. The molecule has 2 rings (SSSR count). The van der Waals surface area contributed by atoms with Gasteiger partial charge >= 0.3 is 6.18 Å². The van der Waals surface area contributed by atoms with E-state index in [0.29, 0.717) is 31.1 Å². The van der Waals surface area contributed by atoms with E-state index in [-0.39, 0.29) is 0 Å². The van der Waals surface area contributed by atoms with Crippen molar-refractivity contribution in [3.8, 4) is 0 Å². The number of benzene rings is 1. The van der Waals surface area contributed by atoms with Crippen LogP contribution in [0.4, 0.5) is 17.6 Å². The Kier molecular flexibility index (Phi) is 5.18. The number of ether oxygens (including phenoxy) is 1. The number of hydrazine groups is 1. The molecule has 1 saturated heterocycles. The van der Waals surface area contributed by atoms with Crippen LogP contribution in [0.5, 0.6) is 0 Å². The van der Waals surface area contributed by atoms with Gasteiger partial charge in [-0.15, -0.1) is 0 Å². The number of nitrogens with two attached hydrogens (primary N) is 1. The lowest BCUT2D eigenvalue weighted by Crippen LogP contribution is -2.31. The van der Waals surface area contributed by atoms with Gasteiger partial charge < -0.3 is 4.74 Å². The second-order valence-corrected chi connectivity index (χ2v) is 5.25. The Morgan fingerprint density at radius 2 is 1.95 bits per heavy atom. The van der Waals surface area contributed by atoms with Gasteiger partial charge in [-0.1, -0.05) is 6.07 Å². The van der Waals surface area contributed by atoms with Crippen LogP contribution in [0.2, 0.25) is 0 Å². The quantitative estimate of drug-likeness (QED) is 0.510. The zero-order valence-electron chi connectivity index (χ0n) is 11.4. The maximum atomic E-state index is 13.3. The van der Waals surface area contributed by atoms with Crippen molar-refractivity contribution in [1.29, 1.82) is 0 Å². The van der Waals surface area contributed by atoms with E-state index in [0.717, 1.165) is 25.0 Å². The Balaban J connectivity index is 2.17. The number of halogens is 4. The van der Waals surface area contributed by atoms with Crippen LogP contribution in [0.25, 0.3) is 0 Å². The molecule has 0 spiro atoms. The minimum atomic E-state index is -4.71. The lowest BCUT2D eigenvalue weighted by Gasteiger charge is -2.27. The van der Waals surface area contributed by atoms with Crippen molar-refractivity contribution in [2.75, 3.05) is 13.2 Å². The fraction of sp³-hybridized carbons (Fsp3) is 0.571. The predicted octanol–water partition coefficient (Wildman–Crippen LogP) is 3.17. The summed E-state index contributed by atoms with van der Waals surface area (Å²) in [6.07, 6.45) is -2.41. The fourth-order valence-electron chi connectivity index (χ4n) is 2.59. The molecule has 1 aromatic rings. The van der Waals surface area contributed by atoms with Crippen molar-refractivity contribution in [1.82, 2.24) is 5.43 Å². The first kappa shape index (κ1) is 16.2. The van der Waals surface area contributed by atoms with Crippen molar-refractivity contribution in [2.45, 2.75) is 31.5 Å². The van der Waals surface area contributed by atoms with E-state index in [4.69, 9.17) is 10.6 Å². The molecule has 118 valence electrons. The SMILES string of the molecule is NNC(CC1CCOCC1)c1ccc(F)c(C(F)(F)F)c1. The molecule has 1 aromatic carbocycles. The average molecular weight is 306 g/mol. The summed E-state index contributed by atoms with van der Waals surface area (Å²) in [4.78, 5) is 0. The van der Waals surface area contributed by atoms with E-state index in [1.807, 2.05) is 0 Å². The molecule has 1 aliphatic heterocycles. The van der Waals surface area contributed by atoms with Crippen molar-refractivity contribution < 1.29 is 22.3 Å². The first-order valence-corrected chi connectivity index (χ1v) is 6.82. The normalized spacial score (nSPS) is 18.7. The van der Waals surface area contributed by atoms with Crippen LogP contribution < -0.4 is 11.3 Å². The van der Waals surface area contributed by atoms with E-state index in [9.17, 15) is 17.6 Å². The highest BCUT2D eigenvalue weighted by atomic mass is 19.4. The minimum Gasteiger partial charge on any atom is -0.381 e. The molecule has 0 aromatic heterocycles. The largest absolute Gasteiger partial charge is 0.419 e. The molecule has 0 bridgehead atoms. The van der Waals surface area contributed by atoms with Gasteiger partial charge in [0, 0.05) is 19.3 Å².